The summed E-state index contributed by atoms with van der Waals surface area (Å²) in [4.78, 5) is 33.3. The number of carbonyl (C=O) groups is 2. The number of rotatable bonds is 8. The van der Waals surface area contributed by atoms with Crippen molar-refractivity contribution in [3.63, 3.8) is 0 Å². The molecule has 2 amide bonds. The lowest BCUT2D eigenvalue weighted by atomic mass is 10.1. The summed E-state index contributed by atoms with van der Waals surface area (Å²) in [6.07, 6.45) is 3.17. The lowest BCUT2D eigenvalue weighted by Crippen LogP contribution is -2.37. The summed E-state index contributed by atoms with van der Waals surface area (Å²) >= 11 is 0. The lowest BCUT2D eigenvalue weighted by Gasteiger charge is -2.29. The number of aromatic nitrogens is 1. The molecule has 0 saturated carbocycles. The monoisotopic (exact) mass is 429 g/mol. The number of carbonyl (C=O) groups excluding carboxylic acids is 2. The van der Waals surface area contributed by atoms with Crippen LogP contribution < -0.4 is 9.64 Å². The van der Waals surface area contributed by atoms with Gasteiger partial charge in [0.15, 0.2) is 6.61 Å². The van der Waals surface area contributed by atoms with Gasteiger partial charge in [-0.05, 0) is 43.2 Å². The first-order valence-corrected chi connectivity index (χ1v) is 10.9. The van der Waals surface area contributed by atoms with E-state index in [2.05, 4.69) is 4.98 Å². The molecule has 2 aromatic carbocycles. The zero-order chi connectivity index (χ0) is 22.3. The maximum absolute atomic E-state index is 13.2. The molecule has 6 heteroatoms. The van der Waals surface area contributed by atoms with E-state index in [1.165, 1.54) is 0 Å². The maximum Gasteiger partial charge on any atom is 0.261 e. The van der Waals surface area contributed by atoms with Crippen LogP contribution in [0.3, 0.4) is 0 Å². The van der Waals surface area contributed by atoms with Gasteiger partial charge in [0.25, 0.3) is 5.91 Å². The highest BCUT2D eigenvalue weighted by molar-refractivity contribution is 5.95. The van der Waals surface area contributed by atoms with Crippen LogP contribution in [0.25, 0.3) is 0 Å². The standard InChI is InChI=1S/C26H27N3O3/c1-20(24-13-5-6-15-27-24)29(18-21-9-3-2-4-10-21)26(31)19-32-23-12-7-11-22(17-23)28-16-8-14-25(28)30/h2-7,9-13,15,17,20H,8,14,16,18-19H2,1H3. The second-order valence-corrected chi connectivity index (χ2v) is 7.87. The van der Waals surface area contributed by atoms with Crippen LogP contribution >= 0.6 is 0 Å². The summed E-state index contributed by atoms with van der Waals surface area (Å²) in [5, 5.41) is 0. The number of ether oxygens (including phenoxy) is 1. The molecule has 1 aliphatic rings. The van der Waals surface area contributed by atoms with E-state index in [1.807, 2.05) is 73.7 Å². The quantitative estimate of drug-likeness (QED) is 0.533. The Morgan fingerprint density at radius 2 is 1.91 bits per heavy atom. The van der Waals surface area contributed by atoms with Crippen molar-refractivity contribution in [2.45, 2.75) is 32.4 Å². The van der Waals surface area contributed by atoms with Gasteiger partial charge in [-0.2, -0.15) is 0 Å². The van der Waals surface area contributed by atoms with E-state index in [1.54, 1.807) is 22.1 Å². The maximum atomic E-state index is 13.2. The molecule has 0 aliphatic carbocycles. The highest BCUT2D eigenvalue weighted by Gasteiger charge is 2.24. The minimum absolute atomic E-state index is 0.0958. The third-order valence-corrected chi connectivity index (χ3v) is 5.66. The van der Waals surface area contributed by atoms with Gasteiger partial charge < -0.3 is 14.5 Å². The van der Waals surface area contributed by atoms with E-state index in [0.717, 1.165) is 23.4 Å². The predicted octanol–water partition coefficient (Wildman–Crippen LogP) is 4.38. The van der Waals surface area contributed by atoms with Crippen molar-refractivity contribution in [1.29, 1.82) is 0 Å². The average molecular weight is 430 g/mol. The van der Waals surface area contributed by atoms with Gasteiger partial charge in [-0.25, -0.2) is 0 Å². The molecule has 6 nitrogen and oxygen atoms in total. The van der Waals surface area contributed by atoms with Crippen molar-refractivity contribution in [3.8, 4) is 5.75 Å². The van der Waals surface area contributed by atoms with E-state index in [-0.39, 0.29) is 24.5 Å². The average Bonchev–Trinajstić information content (AvgIpc) is 3.28. The van der Waals surface area contributed by atoms with E-state index in [4.69, 9.17) is 4.74 Å². The molecule has 1 fully saturated rings. The van der Waals surface area contributed by atoms with Gasteiger partial charge in [-0.3, -0.25) is 14.6 Å². The zero-order valence-corrected chi connectivity index (χ0v) is 18.2. The fourth-order valence-corrected chi connectivity index (χ4v) is 3.89. The van der Waals surface area contributed by atoms with Gasteiger partial charge in [0.05, 0.1) is 11.7 Å². The topological polar surface area (TPSA) is 62.7 Å². The molecule has 0 bridgehead atoms. The molecule has 0 spiro atoms. The van der Waals surface area contributed by atoms with Crippen LogP contribution in [-0.4, -0.2) is 34.8 Å². The first kappa shape index (κ1) is 21.6. The molecule has 1 aliphatic heterocycles. The van der Waals surface area contributed by atoms with E-state index in [9.17, 15) is 9.59 Å². The largest absolute Gasteiger partial charge is 0.484 e. The highest BCUT2D eigenvalue weighted by atomic mass is 16.5. The fraction of sp³-hybridized carbons (Fsp3) is 0.269. The molecule has 4 rings (SSSR count). The van der Waals surface area contributed by atoms with E-state index < -0.39 is 0 Å². The number of nitrogens with zero attached hydrogens (tertiary/aromatic N) is 3. The molecule has 1 aromatic heterocycles. The summed E-state index contributed by atoms with van der Waals surface area (Å²) in [5.74, 6) is 0.562. The molecule has 32 heavy (non-hydrogen) atoms. The molecule has 1 unspecified atom stereocenters. The molecule has 0 radical (unpaired) electrons. The second-order valence-electron chi connectivity index (χ2n) is 7.87. The highest BCUT2D eigenvalue weighted by Crippen LogP contribution is 2.26. The molecular formula is C26H27N3O3. The molecule has 164 valence electrons. The van der Waals surface area contributed by atoms with Gasteiger partial charge in [-0.1, -0.05) is 42.5 Å². The van der Waals surface area contributed by atoms with E-state index in [0.29, 0.717) is 25.3 Å². The van der Waals surface area contributed by atoms with Crippen LogP contribution in [0.1, 0.15) is 37.1 Å². The summed E-state index contributed by atoms with van der Waals surface area (Å²) in [5.41, 5.74) is 2.67. The first-order chi connectivity index (χ1) is 15.6. The molecule has 0 N–H and O–H groups in total. The first-order valence-electron chi connectivity index (χ1n) is 10.9. The Hall–Kier alpha value is -3.67. The Morgan fingerprint density at radius 1 is 1.09 bits per heavy atom. The summed E-state index contributed by atoms with van der Waals surface area (Å²) in [6.45, 7) is 3.06. The van der Waals surface area contributed by atoms with E-state index >= 15 is 0 Å². The predicted molar refractivity (Wildman–Crippen MR) is 123 cm³/mol. The zero-order valence-electron chi connectivity index (χ0n) is 18.2. The Balaban J connectivity index is 1.48. The Morgan fingerprint density at radius 3 is 2.62 bits per heavy atom. The van der Waals surface area contributed by atoms with Gasteiger partial charge >= 0.3 is 0 Å². The second kappa shape index (κ2) is 10.1. The Kier molecular flexibility index (Phi) is 6.80. The van der Waals surface area contributed by atoms with Crippen LogP contribution in [0, 0.1) is 0 Å². The van der Waals surface area contributed by atoms with Crippen LogP contribution in [0.15, 0.2) is 79.0 Å². The van der Waals surface area contributed by atoms with Crippen molar-refractivity contribution in [1.82, 2.24) is 9.88 Å². The number of hydrogen-bond acceptors (Lipinski definition) is 4. The van der Waals surface area contributed by atoms with Gasteiger partial charge in [0, 0.05) is 37.5 Å². The lowest BCUT2D eigenvalue weighted by molar-refractivity contribution is -0.136. The summed E-state index contributed by atoms with van der Waals surface area (Å²) < 4.78 is 5.86. The number of pyridine rings is 1. The van der Waals surface area contributed by atoms with Crippen LogP contribution in [-0.2, 0) is 16.1 Å². The van der Waals surface area contributed by atoms with Crippen molar-refractivity contribution in [3.05, 3.63) is 90.3 Å². The van der Waals surface area contributed by atoms with Crippen LogP contribution in [0.4, 0.5) is 5.69 Å². The number of anilines is 1. The molecular weight excluding hydrogens is 402 g/mol. The SMILES string of the molecule is CC(c1ccccn1)N(Cc1ccccc1)C(=O)COc1cccc(N2CCCC2=O)c1. The third kappa shape index (κ3) is 5.14. The number of benzene rings is 2. The molecule has 2 heterocycles. The van der Waals surface area contributed by atoms with Crippen LogP contribution in [0.2, 0.25) is 0 Å². The van der Waals surface area contributed by atoms with Crippen molar-refractivity contribution < 1.29 is 14.3 Å². The number of hydrogen-bond donors (Lipinski definition) is 0. The minimum atomic E-state index is -0.207. The molecule has 1 saturated heterocycles. The van der Waals surface area contributed by atoms with Gasteiger partial charge in [-0.15, -0.1) is 0 Å². The fourth-order valence-electron chi connectivity index (χ4n) is 3.89. The Bertz CT molecular complexity index is 1060. The van der Waals surface area contributed by atoms with Gasteiger partial charge in [0.2, 0.25) is 5.91 Å². The smallest absolute Gasteiger partial charge is 0.261 e. The molecule has 3 aromatic rings. The van der Waals surface area contributed by atoms with Crippen LogP contribution in [0.5, 0.6) is 5.75 Å². The van der Waals surface area contributed by atoms with Gasteiger partial charge in [0.1, 0.15) is 5.75 Å². The molecule has 1 atom stereocenters. The normalized spacial score (nSPS) is 14.3. The van der Waals surface area contributed by atoms with Crippen molar-refractivity contribution in [2.24, 2.45) is 0 Å². The van der Waals surface area contributed by atoms with Crippen molar-refractivity contribution in [2.75, 3.05) is 18.1 Å². The van der Waals surface area contributed by atoms with Crippen molar-refractivity contribution >= 4 is 17.5 Å². The summed E-state index contributed by atoms with van der Waals surface area (Å²) in [6, 6.07) is 22.8. The summed E-state index contributed by atoms with van der Waals surface area (Å²) in [7, 11) is 0. The third-order valence-electron chi connectivity index (χ3n) is 5.66. The Labute approximate surface area is 188 Å². The number of amides is 2. The minimum Gasteiger partial charge on any atom is -0.484 e.